The van der Waals surface area contributed by atoms with Crippen molar-refractivity contribution in [2.75, 3.05) is 6.54 Å². The van der Waals surface area contributed by atoms with Gasteiger partial charge in [-0.15, -0.1) is 0 Å². The number of Topliss-reactive ketones (excluding diaryl/α,β-unsaturated/α-hetero) is 2. The van der Waals surface area contributed by atoms with Gasteiger partial charge in [-0.1, -0.05) is 27.7 Å². The van der Waals surface area contributed by atoms with Crippen molar-refractivity contribution in [2.45, 2.75) is 98.4 Å². The van der Waals surface area contributed by atoms with Gasteiger partial charge >= 0.3 is 6.09 Å². The summed E-state index contributed by atoms with van der Waals surface area (Å²) in [7, 11) is 0. The lowest BCUT2D eigenvalue weighted by Gasteiger charge is -2.28. The Hall–Kier alpha value is -2.75. The molecule has 0 aromatic carbocycles. The summed E-state index contributed by atoms with van der Waals surface area (Å²) in [6.07, 6.45) is 4.79. The fraction of sp³-hybridized carbons (Fsp3) is 0.720. The molecule has 1 aliphatic heterocycles. The topological polar surface area (TPSA) is 147 Å². The summed E-state index contributed by atoms with van der Waals surface area (Å²) in [6, 6.07) is -1.48. The maximum Gasteiger partial charge on any atom is 0.410 e. The molecule has 35 heavy (non-hydrogen) atoms. The lowest BCUT2D eigenvalue weighted by Crippen LogP contribution is -2.48. The summed E-state index contributed by atoms with van der Waals surface area (Å²) in [6.45, 7) is 15.1. The quantitative estimate of drug-likeness (QED) is 0.504. The van der Waals surface area contributed by atoms with Gasteiger partial charge in [0.15, 0.2) is 11.6 Å². The third kappa shape index (κ3) is 10.2. The molecule has 0 radical (unpaired) electrons. The number of nitrogens with one attached hydrogen (secondary N) is 2. The Morgan fingerprint density at radius 1 is 1.17 bits per heavy atom. The molecule has 0 saturated carbocycles. The van der Waals surface area contributed by atoms with E-state index in [4.69, 9.17) is 10.5 Å². The summed E-state index contributed by atoms with van der Waals surface area (Å²) in [5, 5.41) is 2.63. The van der Waals surface area contributed by atoms with Crippen LogP contribution in [0.5, 0.6) is 0 Å². The van der Waals surface area contributed by atoms with E-state index in [-0.39, 0.29) is 41.4 Å². The van der Waals surface area contributed by atoms with E-state index in [0.29, 0.717) is 13.0 Å². The number of rotatable bonds is 8. The molecule has 0 bridgehead atoms. The predicted molar refractivity (Wildman–Crippen MR) is 134 cm³/mol. The number of imidazole rings is 1. The van der Waals surface area contributed by atoms with Crippen LogP contribution in [0.25, 0.3) is 0 Å². The third-order valence-corrected chi connectivity index (χ3v) is 5.46. The second-order valence-corrected chi connectivity index (χ2v) is 10.6. The van der Waals surface area contributed by atoms with Crippen molar-refractivity contribution in [1.82, 2.24) is 20.2 Å². The van der Waals surface area contributed by atoms with Gasteiger partial charge in [-0.05, 0) is 40.5 Å². The van der Waals surface area contributed by atoms with E-state index in [1.54, 1.807) is 31.9 Å². The van der Waals surface area contributed by atoms with Crippen molar-refractivity contribution in [3.63, 3.8) is 0 Å². The van der Waals surface area contributed by atoms with Crippen LogP contribution in [0.2, 0.25) is 0 Å². The zero-order chi connectivity index (χ0) is 26.9. The number of aromatic nitrogens is 2. The van der Waals surface area contributed by atoms with Crippen LogP contribution in [0.4, 0.5) is 4.79 Å². The Labute approximate surface area is 208 Å². The number of carbonyl (C=O) groups is 4. The minimum atomic E-state index is -0.687. The van der Waals surface area contributed by atoms with Crippen LogP contribution in [0.15, 0.2) is 12.5 Å². The second-order valence-electron chi connectivity index (χ2n) is 10.6. The third-order valence-electron chi connectivity index (χ3n) is 5.46. The molecule has 10 nitrogen and oxygen atoms in total. The van der Waals surface area contributed by atoms with Crippen LogP contribution in [0.3, 0.4) is 0 Å². The smallest absolute Gasteiger partial charge is 0.410 e. The van der Waals surface area contributed by atoms with Crippen molar-refractivity contribution in [3.8, 4) is 0 Å². The van der Waals surface area contributed by atoms with E-state index in [0.717, 1.165) is 18.5 Å². The molecule has 198 valence electrons. The highest BCUT2D eigenvalue weighted by molar-refractivity contribution is 5.91. The molecule has 0 spiro atoms. The standard InChI is InChI=1S/C13H23NO3.C12H20N4O2/c1-9(2)11(15)10-7-6-8-14(10)12(16)17-13(3,4)5;1-7(2)11(17)8(3)16-12(18)10(13)4-9-5-14-6-15-9/h9-10H,6-8H2,1-5H3;5-8,10H,4,13H2,1-3H3,(H,14,15)(H,16,18)/t10-;8-,10-/m00/s1. The molecule has 10 heteroatoms. The fourth-order valence-corrected chi connectivity index (χ4v) is 3.60. The van der Waals surface area contributed by atoms with Crippen LogP contribution < -0.4 is 11.1 Å². The average Bonchev–Trinajstić information content (AvgIpc) is 3.43. The van der Waals surface area contributed by atoms with E-state index in [1.165, 1.54) is 6.33 Å². The number of nitrogens with two attached hydrogens (primary N) is 1. The minimum absolute atomic E-state index is 0.00269. The number of likely N-dealkylation sites (tertiary alicyclic amines) is 1. The van der Waals surface area contributed by atoms with Crippen molar-refractivity contribution >= 4 is 23.6 Å². The van der Waals surface area contributed by atoms with Crippen LogP contribution in [0.1, 0.15) is 73.9 Å². The van der Waals surface area contributed by atoms with Crippen LogP contribution >= 0.6 is 0 Å². The van der Waals surface area contributed by atoms with E-state index in [9.17, 15) is 19.2 Å². The number of amides is 2. The van der Waals surface area contributed by atoms with Crippen molar-refractivity contribution < 1.29 is 23.9 Å². The molecule has 1 fully saturated rings. The lowest BCUT2D eigenvalue weighted by molar-refractivity contribution is -0.129. The molecule has 0 aliphatic carbocycles. The second kappa shape index (κ2) is 13.4. The van der Waals surface area contributed by atoms with Gasteiger partial charge in [0.25, 0.3) is 0 Å². The summed E-state index contributed by atoms with van der Waals surface area (Å²) in [5.41, 5.74) is 6.05. The van der Waals surface area contributed by atoms with Gasteiger partial charge in [0.2, 0.25) is 5.91 Å². The number of H-pyrrole nitrogens is 1. The zero-order valence-corrected chi connectivity index (χ0v) is 22.4. The molecule has 4 N–H and O–H groups in total. The summed E-state index contributed by atoms with van der Waals surface area (Å²) >= 11 is 0. The van der Waals surface area contributed by atoms with Gasteiger partial charge < -0.3 is 20.8 Å². The molecule has 2 rings (SSSR count). The van der Waals surface area contributed by atoms with E-state index in [1.807, 2.05) is 34.6 Å². The normalized spacial score (nSPS) is 17.5. The van der Waals surface area contributed by atoms with Crippen LogP contribution in [-0.4, -0.2) is 68.7 Å². The summed E-state index contributed by atoms with van der Waals surface area (Å²) in [4.78, 5) is 55.7. The average molecular weight is 494 g/mol. The Kier molecular flexibility index (Phi) is 11.6. The number of aromatic amines is 1. The monoisotopic (exact) mass is 493 g/mol. The molecular weight excluding hydrogens is 450 g/mol. The summed E-state index contributed by atoms with van der Waals surface area (Å²) < 4.78 is 5.32. The van der Waals surface area contributed by atoms with E-state index >= 15 is 0 Å². The lowest BCUT2D eigenvalue weighted by atomic mass is 10.0. The van der Waals surface area contributed by atoms with Gasteiger partial charge in [-0.2, -0.15) is 0 Å². The van der Waals surface area contributed by atoms with Crippen molar-refractivity contribution in [3.05, 3.63) is 18.2 Å². The number of nitrogens with zero attached hydrogens (tertiary/aromatic N) is 2. The first-order chi connectivity index (χ1) is 16.1. The number of hydrogen-bond donors (Lipinski definition) is 3. The van der Waals surface area contributed by atoms with Crippen molar-refractivity contribution in [1.29, 1.82) is 0 Å². The molecule has 2 amide bonds. The van der Waals surface area contributed by atoms with Crippen LogP contribution in [0, 0.1) is 11.8 Å². The number of ketones is 2. The number of ether oxygens (including phenoxy) is 1. The molecular formula is C25H43N5O5. The van der Waals surface area contributed by atoms with Gasteiger partial charge in [-0.3, -0.25) is 19.3 Å². The Morgan fingerprint density at radius 2 is 1.80 bits per heavy atom. The maximum atomic E-state index is 12.0. The summed E-state index contributed by atoms with van der Waals surface area (Å²) in [5.74, 6) is -0.344. The Morgan fingerprint density at radius 3 is 2.29 bits per heavy atom. The molecule has 1 saturated heterocycles. The fourth-order valence-electron chi connectivity index (χ4n) is 3.60. The predicted octanol–water partition coefficient (Wildman–Crippen LogP) is 2.62. The van der Waals surface area contributed by atoms with E-state index < -0.39 is 17.7 Å². The Bertz CT molecular complexity index is 845. The largest absolute Gasteiger partial charge is 0.444 e. The first-order valence-electron chi connectivity index (χ1n) is 12.2. The van der Waals surface area contributed by atoms with Gasteiger partial charge in [-0.25, -0.2) is 9.78 Å². The molecule has 2 heterocycles. The highest BCUT2D eigenvalue weighted by Crippen LogP contribution is 2.23. The first-order valence-corrected chi connectivity index (χ1v) is 12.2. The van der Waals surface area contributed by atoms with Crippen LogP contribution in [-0.2, 0) is 25.5 Å². The minimum Gasteiger partial charge on any atom is -0.444 e. The van der Waals surface area contributed by atoms with Gasteiger partial charge in [0.1, 0.15) is 5.60 Å². The number of carbonyl (C=O) groups excluding carboxylic acids is 4. The first kappa shape index (κ1) is 30.3. The molecule has 0 unspecified atom stereocenters. The molecule has 3 atom stereocenters. The van der Waals surface area contributed by atoms with Crippen molar-refractivity contribution in [2.24, 2.45) is 17.6 Å². The SMILES string of the molecule is CC(C)C(=O)[C@@H]1CCCN1C(=O)OC(C)(C)C.CC(C)C(=O)[C@H](C)NC(=O)[C@@H](N)Cc1cnc[nH]1. The maximum absolute atomic E-state index is 12.0. The highest BCUT2D eigenvalue weighted by atomic mass is 16.6. The Balaban J connectivity index is 0.000000351. The molecule has 1 aromatic rings. The zero-order valence-electron chi connectivity index (χ0n) is 22.4. The molecule has 1 aromatic heterocycles. The van der Waals surface area contributed by atoms with Gasteiger partial charge in [0, 0.05) is 36.7 Å². The molecule has 1 aliphatic rings. The van der Waals surface area contributed by atoms with E-state index in [2.05, 4.69) is 15.3 Å². The highest BCUT2D eigenvalue weighted by Gasteiger charge is 2.37. The number of hydrogen-bond acceptors (Lipinski definition) is 7. The van der Waals surface area contributed by atoms with Gasteiger partial charge in [0.05, 0.1) is 24.5 Å².